The third-order valence-corrected chi connectivity index (χ3v) is 6.59. The number of hydrogen-bond acceptors (Lipinski definition) is 6. The van der Waals surface area contributed by atoms with E-state index in [1.807, 2.05) is 4.90 Å². The van der Waals surface area contributed by atoms with E-state index in [0.29, 0.717) is 62.2 Å². The fourth-order valence-electron chi connectivity index (χ4n) is 4.44. The molecule has 1 aromatic heterocycles. The second-order valence-corrected chi connectivity index (χ2v) is 8.77. The summed E-state index contributed by atoms with van der Waals surface area (Å²) in [5.74, 6) is 0.519. The Bertz CT molecular complexity index is 1090. The summed E-state index contributed by atoms with van der Waals surface area (Å²) in [5.41, 5.74) is 3.01. The van der Waals surface area contributed by atoms with E-state index in [1.165, 1.54) is 12.1 Å². The molecular formula is C24H25ClFN5O2. The lowest BCUT2D eigenvalue weighted by Gasteiger charge is -2.36. The molecule has 0 bridgehead atoms. The van der Waals surface area contributed by atoms with Crippen LogP contribution >= 0.6 is 11.6 Å². The van der Waals surface area contributed by atoms with Crippen molar-refractivity contribution in [2.45, 2.75) is 25.4 Å². The number of aromatic nitrogens is 2. The molecule has 2 aromatic rings. The zero-order valence-corrected chi connectivity index (χ0v) is 19.0. The molecular weight excluding hydrogens is 445 g/mol. The third-order valence-electron chi connectivity index (χ3n) is 6.27. The summed E-state index contributed by atoms with van der Waals surface area (Å²) in [6, 6.07) is 6.22. The quantitative estimate of drug-likeness (QED) is 0.685. The van der Waals surface area contributed by atoms with Crippen molar-refractivity contribution in [1.29, 1.82) is 0 Å². The zero-order chi connectivity index (χ0) is 22.8. The molecule has 4 heterocycles. The number of ether oxygens (including phenoxy) is 1. The lowest BCUT2D eigenvalue weighted by Crippen LogP contribution is -2.51. The fourth-order valence-corrected chi connectivity index (χ4v) is 4.70. The van der Waals surface area contributed by atoms with Gasteiger partial charge in [-0.3, -0.25) is 14.8 Å². The van der Waals surface area contributed by atoms with Gasteiger partial charge < -0.3 is 14.5 Å². The first kappa shape index (κ1) is 22.0. The highest BCUT2D eigenvalue weighted by Crippen LogP contribution is 2.33. The lowest BCUT2D eigenvalue weighted by molar-refractivity contribution is -0.141. The van der Waals surface area contributed by atoms with E-state index in [2.05, 4.69) is 9.89 Å². The number of allylic oxidation sites excluding steroid dienone is 1. The number of carbonyl (C=O) groups is 1. The lowest BCUT2D eigenvalue weighted by atomic mass is 10.0. The van der Waals surface area contributed by atoms with E-state index in [0.717, 1.165) is 29.8 Å². The number of carbonyl (C=O) groups excluding carboxylic acids is 1. The smallest absolute Gasteiger partial charge is 0.251 e. The van der Waals surface area contributed by atoms with Crippen molar-refractivity contribution < 1.29 is 13.9 Å². The molecule has 1 atom stereocenters. The Morgan fingerprint density at radius 2 is 1.91 bits per heavy atom. The van der Waals surface area contributed by atoms with Crippen LogP contribution in [0.25, 0.3) is 16.8 Å². The predicted molar refractivity (Wildman–Crippen MR) is 126 cm³/mol. The molecule has 2 saturated heterocycles. The molecule has 0 N–H and O–H groups in total. The molecule has 3 aliphatic heterocycles. The molecule has 0 spiro atoms. The molecule has 7 nitrogen and oxygen atoms in total. The van der Waals surface area contributed by atoms with Gasteiger partial charge >= 0.3 is 0 Å². The minimum Gasteiger partial charge on any atom is -0.368 e. The number of aliphatic imine (C=N–C) groups is 1. The van der Waals surface area contributed by atoms with E-state index in [-0.39, 0.29) is 17.8 Å². The Hall–Kier alpha value is -2.84. The number of anilines is 1. The molecule has 172 valence electrons. The maximum atomic E-state index is 13.5. The SMILES string of the molecule is O=C(C1CCCO1)N1CCN(c2cnc(-c3ccc(F)cc3)c(C3=C(Cl)C=NCC3)n2)CC1. The van der Waals surface area contributed by atoms with Gasteiger partial charge in [-0.05, 0) is 43.5 Å². The van der Waals surface area contributed by atoms with Gasteiger partial charge in [-0.15, -0.1) is 0 Å². The van der Waals surface area contributed by atoms with Crippen molar-refractivity contribution in [3.8, 4) is 11.3 Å². The predicted octanol–water partition coefficient (Wildman–Crippen LogP) is 3.53. The summed E-state index contributed by atoms with van der Waals surface area (Å²) in [6.07, 6.45) is 5.51. The summed E-state index contributed by atoms with van der Waals surface area (Å²) in [4.78, 5) is 30.6. The minimum absolute atomic E-state index is 0.0870. The largest absolute Gasteiger partial charge is 0.368 e. The van der Waals surface area contributed by atoms with Crippen molar-refractivity contribution in [3.05, 3.63) is 47.0 Å². The minimum atomic E-state index is -0.303. The summed E-state index contributed by atoms with van der Waals surface area (Å²) in [7, 11) is 0. The second kappa shape index (κ2) is 9.57. The molecule has 9 heteroatoms. The summed E-state index contributed by atoms with van der Waals surface area (Å²) >= 11 is 6.49. The highest BCUT2D eigenvalue weighted by atomic mass is 35.5. The van der Waals surface area contributed by atoms with Crippen molar-refractivity contribution in [1.82, 2.24) is 14.9 Å². The first-order chi connectivity index (χ1) is 16.1. The van der Waals surface area contributed by atoms with Gasteiger partial charge in [0.05, 0.1) is 22.6 Å². The van der Waals surface area contributed by atoms with Crippen molar-refractivity contribution in [2.75, 3.05) is 44.2 Å². The Morgan fingerprint density at radius 1 is 1.12 bits per heavy atom. The first-order valence-corrected chi connectivity index (χ1v) is 11.6. The Balaban J connectivity index is 1.41. The van der Waals surface area contributed by atoms with Gasteiger partial charge in [-0.2, -0.15) is 0 Å². The van der Waals surface area contributed by atoms with Crippen LogP contribution in [-0.2, 0) is 9.53 Å². The molecule has 5 rings (SSSR count). The monoisotopic (exact) mass is 469 g/mol. The van der Waals surface area contributed by atoms with E-state index in [1.54, 1.807) is 24.5 Å². The van der Waals surface area contributed by atoms with Crippen LogP contribution in [0.4, 0.5) is 10.2 Å². The maximum Gasteiger partial charge on any atom is 0.251 e. The van der Waals surface area contributed by atoms with E-state index >= 15 is 0 Å². The van der Waals surface area contributed by atoms with Gasteiger partial charge in [0.1, 0.15) is 17.7 Å². The topological polar surface area (TPSA) is 70.9 Å². The zero-order valence-electron chi connectivity index (χ0n) is 18.2. The molecule has 1 amide bonds. The van der Waals surface area contributed by atoms with Crippen molar-refractivity contribution in [2.24, 2.45) is 4.99 Å². The van der Waals surface area contributed by atoms with Gasteiger partial charge in [0, 0.05) is 56.7 Å². The maximum absolute atomic E-state index is 13.5. The van der Waals surface area contributed by atoms with Crippen LogP contribution < -0.4 is 4.90 Å². The van der Waals surface area contributed by atoms with Crippen LogP contribution in [0.15, 0.2) is 40.5 Å². The molecule has 0 aliphatic carbocycles. The second-order valence-electron chi connectivity index (χ2n) is 8.36. The van der Waals surface area contributed by atoms with Gasteiger partial charge in [0.15, 0.2) is 0 Å². The number of nitrogens with zero attached hydrogens (tertiary/aromatic N) is 5. The van der Waals surface area contributed by atoms with Crippen LogP contribution in [0.5, 0.6) is 0 Å². The molecule has 2 fully saturated rings. The summed E-state index contributed by atoms with van der Waals surface area (Å²) < 4.78 is 19.0. The van der Waals surface area contributed by atoms with E-state index in [9.17, 15) is 9.18 Å². The van der Waals surface area contributed by atoms with Crippen LogP contribution in [0.1, 0.15) is 25.0 Å². The highest BCUT2D eigenvalue weighted by Gasteiger charge is 2.31. The van der Waals surface area contributed by atoms with Crippen molar-refractivity contribution >= 4 is 35.1 Å². The Kier molecular flexibility index (Phi) is 6.37. The van der Waals surface area contributed by atoms with Gasteiger partial charge in [-0.25, -0.2) is 9.37 Å². The number of halogens is 2. The standard InChI is InChI=1S/C24H25ClFN5O2/c25-19-14-27-8-7-18(19)23-22(16-3-5-17(26)6-4-16)28-15-21(29-23)30-9-11-31(12-10-30)24(32)20-2-1-13-33-20/h3-6,14-15,20H,1-2,7-13H2. The molecule has 1 aromatic carbocycles. The van der Waals surface area contributed by atoms with Gasteiger partial charge in [0.25, 0.3) is 5.91 Å². The summed E-state index contributed by atoms with van der Waals surface area (Å²) in [5, 5.41) is 0.544. The molecule has 3 aliphatic rings. The van der Waals surface area contributed by atoms with Gasteiger partial charge in [-0.1, -0.05) is 11.6 Å². The number of amides is 1. The number of piperazine rings is 1. The molecule has 0 radical (unpaired) electrons. The Morgan fingerprint density at radius 3 is 2.61 bits per heavy atom. The molecule has 33 heavy (non-hydrogen) atoms. The average Bonchev–Trinajstić information content (AvgIpc) is 3.39. The van der Waals surface area contributed by atoms with Gasteiger partial charge in [0.2, 0.25) is 0 Å². The highest BCUT2D eigenvalue weighted by molar-refractivity contribution is 6.42. The van der Waals surface area contributed by atoms with E-state index in [4.69, 9.17) is 26.3 Å². The normalized spacial score (nSPS) is 21.1. The Labute approximate surface area is 196 Å². The van der Waals surface area contributed by atoms with Crippen LogP contribution in [0.2, 0.25) is 0 Å². The van der Waals surface area contributed by atoms with E-state index < -0.39 is 0 Å². The number of rotatable bonds is 4. The van der Waals surface area contributed by atoms with Crippen LogP contribution in [0, 0.1) is 5.82 Å². The third kappa shape index (κ3) is 4.63. The van der Waals surface area contributed by atoms with Crippen LogP contribution in [0.3, 0.4) is 0 Å². The summed E-state index contributed by atoms with van der Waals surface area (Å²) in [6.45, 7) is 3.85. The number of hydrogen-bond donors (Lipinski definition) is 0. The molecule has 1 unspecified atom stereocenters. The number of benzene rings is 1. The first-order valence-electron chi connectivity index (χ1n) is 11.3. The van der Waals surface area contributed by atoms with Crippen molar-refractivity contribution in [3.63, 3.8) is 0 Å². The van der Waals surface area contributed by atoms with Crippen LogP contribution in [-0.4, -0.2) is 72.4 Å². The molecule has 0 saturated carbocycles. The average molecular weight is 470 g/mol. The fraction of sp³-hybridized carbons (Fsp3) is 0.417. The number of dihydropyridines is 1.